The fourth-order valence-corrected chi connectivity index (χ4v) is 2.00. The molecule has 2 unspecified atom stereocenters. The summed E-state index contributed by atoms with van der Waals surface area (Å²) >= 11 is 0. The smallest absolute Gasteiger partial charge is 0.119 e. The van der Waals surface area contributed by atoms with E-state index >= 15 is 0 Å². The standard InChI is InChI=1S/C12H17NO/c1-13-10-7-8-12(9-10)14-11-5-3-2-4-6-11/h2-6,10,12-13H,7-9H2,1H3. The summed E-state index contributed by atoms with van der Waals surface area (Å²) in [6.07, 6.45) is 3.93. The van der Waals surface area contributed by atoms with E-state index in [4.69, 9.17) is 4.74 Å². The molecule has 1 aromatic rings. The number of rotatable bonds is 3. The molecule has 14 heavy (non-hydrogen) atoms. The Labute approximate surface area is 85.3 Å². The molecule has 2 heteroatoms. The van der Waals surface area contributed by atoms with E-state index < -0.39 is 0 Å². The molecule has 2 rings (SSSR count). The van der Waals surface area contributed by atoms with Crippen LogP contribution in [0.15, 0.2) is 30.3 Å². The van der Waals surface area contributed by atoms with Gasteiger partial charge in [-0.15, -0.1) is 0 Å². The molecule has 1 N–H and O–H groups in total. The Morgan fingerprint density at radius 3 is 2.64 bits per heavy atom. The highest BCUT2D eigenvalue weighted by atomic mass is 16.5. The second kappa shape index (κ2) is 4.47. The average Bonchev–Trinajstić information content (AvgIpc) is 2.67. The Morgan fingerprint density at radius 1 is 1.21 bits per heavy atom. The summed E-state index contributed by atoms with van der Waals surface area (Å²) in [6.45, 7) is 0. The predicted octanol–water partition coefficient (Wildman–Crippen LogP) is 2.21. The molecule has 1 aromatic carbocycles. The van der Waals surface area contributed by atoms with Crippen LogP contribution in [0.4, 0.5) is 0 Å². The van der Waals surface area contributed by atoms with Gasteiger partial charge in [0.2, 0.25) is 0 Å². The van der Waals surface area contributed by atoms with Crippen molar-refractivity contribution >= 4 is 0 Å². The highest BCUT2D eigenvalue weighted by Gasteiger charge is 2.24. The minimum atomic E-state index is 0.398. The van der Waals surface area contributed by atoms with E-state index in [1.54, 1.807) is 0 Å². The largest absolute Gasteiger partial charge is 0.490 e. The van der Waals surface area contributed by atoms with Crippen molar-refractivity contribution in [2.45, 2.75) is 31.4 Å². The molecule has 2 atom stereocenters. The molecule has 1 saturated carbocycles. The van der Waals surface area contributed by atoms with E-state index in [1.807, 2.05) is 37.4 Å². The molecule has 1 aliphatic carbocycles. The third-order valence-corrected chi connectivity index (χ3v) is 2.84. The maximum Gasteiger partial charge on any atom is 0.119 e. The lowest BCUT2D eigenvalue weighted by Crippen LogP contribution is -2.23. The molecule has 0 aromatic heterocycles. The Bertz CT molecular complexity index is 273. The summed E-state index contributed by atoms with van der Waals surface area (Å²) in [5.74, 6) is 0.995. The zero-order chi connectivity index (χ0) is 9.80. The number of nitrogens with one attached hydrogen (secondary N) is 1. The van der Waals surface area contributed by atoms with Crippen molar-refractivity contribution in [1.29, 1.82) is 0 Å². The van der Waals surface area contributed by atoms with Gasteiger partial charge in [-0.1, -0.05) is 18.2 Å². The zero-order valence-electron chi connectivity index (χ0n) is 8.57. The van der Waals surface area contributed by atoms with Gasteiger partial charge in [0.25, 0.3) is 0 Å². The van der Waals surface area contributed by atoms with Crippen molar-refractivity contribution < 1.29 is 4.74 Å². The van der Waals surface area contributed by atoms with Gasteiger partial charge in [-0.25, -0.2) is 0 Å². The number of ether oxygens (including phenoxy) is 1. The van der Waals surface area contributed by atoms with Crippen molar-refractivity contribution in [2.24, 2.45) is 0 Å². The summed E-state index contributed by atoms with van der Waals surface area (Å²) < 4.78 is 5.87. The Kier molecular flexibility index (Phi) is 3.04. The topological polar surface area (TPSA) is 21.3 Å². The Hall–Kier alpha value is -1.02. The lowest BCUT2D eigenvalue weighted by Gasteiger charge is -2.13. The lowest BCUT2D eigenvalue weighted by molar-refractivity contribution is 0.207. The van der Waals surface area contributed by atoms with Crippen molar-refractivity contribution in [1.82, 2.24) is 5.32 Å². The molecule has 0 aliphatic heterocycles. The highest BCUT2D eigenvalue weighted by Crippen LogP contribution is 2.24. The molecule has 2 nitrogen and oxygen atoms in total. The van der Waals surface area contributed by atoms with E-state index in [0.29, 0.717) is 12.1 Å². The van der Waals surface area contributed by atoms with Crippen LogP contribution in [0.25, 0.3) is 0 Å². The van der Waals surface area contributed by atoms with Crippen LogP contribution in [0.3, 0.4) is 0 Å². The summed E-state index contributed by atoms with van der Waals surface area (Å²) in [5.41, 5.74) is 0. The first-order chi connectivity index (χ1) is 6.88. The molecular formula is C12H17NO. The minimum absolute atomic E-state index is 0.398. The fraction of sp³-hybridized carbons (Fsp3) is 0.500. The molecule has 1 aliphatic rings. The van der Waals surface area contributed by atoms with Crippen LogP contribution in [-0.2, 0) is 0 Å². The molecule has 0 bridgehead atoms. The van der Waals surface area contributed by atoms with Crippen LogP contribution >= 0.6 is 0 Å². The second-order valence-electron chi connectivity index (χ2n) is 3.85. The van der Waals surface area contributed by atoms with Gasteiger partial charge in [-0.2, -0.15) is 0 Å². The first-order valence-electron chi connectivity index (χ1n) is 5.27. The van der Waals surface area contributed by atoms with E-state index in [2.05, 4.69) is 5.32 Å². The van der Waals surface area contributed by atoms with Gasteiger partial charge in [0.15, 0.2) is 0 Å². The van der Waals surface area contributed by atoms with Gasteiger partial charge in [-0.05, 0) is 38.4 Å². The molecule has 0 amide bonds. The van der Waals surface area contributed by atoms with Crippen LogP contribution in [0.2, 0.25) is 0 Å². The lowest BCUT2D eigenvalue weighted by atomic mass is 10.2. The monoisotopic (exact) mass is 191 g/mol. The number of hydrogen-bond acceptors (Lipinski definition) is 2. The SMILES string of the molecule is CNC1CCC(Oc2ccccc2)C1. The summed E-state index contributed by atoms with van der Waals surface area (Å²) in [7, 11) is 2.02. The van der Waals surface area contributed by atoms with Crippen molar-refractivity contribution in [3.63, 3.8) is 0 Å². The van der Waals surface area contributed by atoms with E-state index in [-0.39, 0.29) is 0 Å². The van der Waals surface area contributed by atoms with Crippen molar-refractivity contribution in [3.8, 4) is 5.75 Å². The van der Waals surface area contributed by atoms with Crippen molar-refractivity contribution in [2.75, 3.05) is 7.05 Å². The fourth-order valence-electron chi connectivity index (χ4n) is 2.00. The average molecular weight is 191 g/mol. The van der Waals surface area contributed by atoms with Crippen LogP contribution in [0.1, 0.15) is 19.3 Å². The van der Waals surface area contributed by atoms with Gasteiger partial charge in [0, 0.05) is 6.04 Å². The molecule has 0 spiro atoms. The summed E-state index contributed by atoms with van der Waals surface area (Å²) in [6, 6.07) is 10.7. The number of benzene rings is 1. The maximum absolute atomic E-state index is 5.87. The molecule has 0 heterocycles. The highest BCUT2D eigenvalue weighted by molar-refractivity contribution is 5.21. The Balaban J connectivity index is 1.88. The van der Waals surface area contributed by atoms with Crippen LogP contribution < -0.4 is 10.1 Å². The van der Waals surface area contributed by atoms with Crippen molar-refractivity contribution in [3.05, 3.63) is 30.3 Å². The van der Waals surface area contributed by atoms with Crippen LogP contribution in [-0.4, -0.2) is 19.2 Å². The Morgan fingerprint density at radius 2 is 2.00 bits per heavy atom. The van der Waals surface area contributed by atoms with Gasteiger partial charge in [0.05, 0.1) is 0 Å². The van der Waals surface area contributed by atoms with Gasteiger partial charge >= 0.3 is 0 Å². The molecular weight excluding hydrogens is 174 g/mol. The van der Waals surface area contributed by atoms with Gasteiger partial charge in [-0.3, -0.25) is 0 Å². The third-order valence-electron chi connectivity index (χ3n) is 2.84. The van der Waals surface area contributed by atoms with Gasteiger partial charge in [0.1, 0.15) is 11.9 Å². The normalized spacial score (nSPS) is 26.4. The summed E-state index contributed by atoms with van der Waals surface area (Å²) in [4.78, 5) is 0. The minimum Gasteiger partial charge on any atom is -0.490 e. The number of hydrogen-bond donors (Lipinski definition) is 1. The first-order valence-corrected chi connectivity index (χ1v) is 5.27. The summed E-state index contributed by atoms with van der Waals surface area (Å²) in [5, 5.41) is 3.30. The van der Waals surface area contributed by atoms with E-state index in [0.717, 1.165) is 12.2 Å². The first kappa shape index (κ1) is 9.53. The third kappa shape index (κ3) is 2.26. The van der Waals surface area contributed by atoms with Gasteiger partial charge < -0.3 is 10.1 Å². The molecule has 0 saturated heterocycles. The molecule has 1 fully saturated rings. The quantitative estimate of drug-likeness (QED) is 0.791. The predicted molar refractivity (Wildman–Crippen MR) is 57.6 cm³/mol. The molecule has 0 radical (unpaired) electrons. The molecule has 76 valence electrons. The maximum atomic E-state index is 5.87. The van der Waals surface area contributed by atoms with Crippen LogP contribution in [0, 0.1) is 0 Å². The van der Waals surface area contributed by atoms with E-state index in [9.17, 15) is 0 Å². The number of para-hydroxylation sites is 1. The van der Waals surface area contributed by atoms with E-state index in [1.165, 1.54) is 12.8 Å². The second-order valence-corrected chi connectivity index (χ2v) is 3.85. The zero-order valence-corrected chi connectivity index (χ0v) is 8.57. The van der Waals surface area contributed by atoms with Crippen LogP contribution in [0.5, 0.6) is 5.75 Å².